The highest BCUT2D eigenvalue weighted by atomic mass is 32.3. The van der Waals surface area contributed by atoms with Crippen molar-refractivity contribution in [1.82, 2.24) is 20.7 Å². The van der Waals surface area contributed by atoms with Gasteiger partial charge in [0.25, 0.3) is 17.4 Å². The molecule has 9 N–H and O–H groups in total. The first-order valence-corrected chi connectivity index (χ1v) is 17.6. The lowest BCUT2D eigenvalue weighted by Gasteiger charge is -2.50. The van der Waals surface area contributed by atoms with Crippen molar-refractivity contribution in [2.24, 2.45) is 10.9 Å². The lowest BCUT2D eigenvalue weighted by atomic mass is 9.84. The molecule has 2 fully saturated rings. The van der Waals surface area contributed by atoms with Crippen molar-refractivity contribution in [3.63, 3.8) is 0 Å². The molecule has 5 rings (SSSR count). The van der Waals surface area contributed by atoms with Gasteiger partial charge in [-0.25, -0.2) is 9.78 Å². The molecular weight excluding hydrogens is 684 g/mol. The smallest absolute Gasteiger partial charge is 0.418 e. The first kappa shape index (κ1) is 35.9. The van der Waals surface area contributed by atoms with E-state index in [-0.39, 0.29) is 35.2 Å². The Hall–Kier alpha value is -4.37. The summed E-state index contributed by atoms with van der Waals surface area (Å²) in [5.41, 5.74) is 9.10. The van der Waals surface area contributed by atoms with Gasteiger partial charge in [-0.3, -0.25) is 19.6 Å². The molecule has 0 radical (unpaired) electrons. The topological polar surface area (TPSA) is 282 Å². The number of nitrogens with one attached hydrogen (secondary N) is 3. The van der Waals surface area contributed by atoms with E-state index in [2.05, 4.69) is 25.1 Å². The first-order valence-electron chi connectivity index (χ1n) is 15.3. The SMILES string of the molecule is CC1(C)[C@H](NC(=O)/C(=N\O[C@](C)(C(=O)O)[C@H]2CCc3cc(C(=N)N[C@@H]4CCC[C@@H](N)C4)ccc3O2)c2csc(N)n2)C(=O)N1OS(=O)(=O)O. The third-order valence-electron chi connectivity index (χ3n) is 8.82. The number of thiazole rings is 1. The molecule has 3 heterocycles. The third kappa shape index (κ3) is 7.62. The van der Waals surface area contributed by atoms with Gasteiger partial charge in [-0.05, 0) is 83.1 Å². The number of aryl methyl sites for hydroxylation is 1. The van der Waals surface area contributed by atoms with Crippen LogP contribution >= 0.6 is 11.3 Å². The molecule has 49 heavy (non-hydrogen) atoms. The summed E-state index contributed by atoms with van der Waals surface area (Å²) >= 11 is 0.963. The summed E-state index contributed by atoms with van der Waals surface area (Å²) in [5, 5.41) is 30.2. The van der Waals surface area contributed by atoms with E-state index in [0.717, 1.165) is 42.6 Å². The zero-order valence-corrected chi connectivity index (χ0v) is 28.5. The van der Waals surface area contributed by atoms with E-state index < -0.39 is 57.2 Å². The molecule has 2 aromatic rings. The van der Waals surface area contributed by atoms with E-state index >= 15 is 0 Å². The number of oxime groups is 1. The number of β-lactam (4-membered cyclic amide) rings is 1. The molecule has 0 bridgehead atoms. The van der Waals surface area contributed by atoms with Gasteiger partial charge in [0.05, 0.1) is 5.54 Å². The van der Waals surface area contributed by atoms with Gasteiger partial charge >= 0.3 is 16.4 Å². The normalized spacial score (nSPS) is 24.8. The second-order valence-electron chi connectivity index (χ2n) is 12.8. The zero-order valence-electron chi connectivity index (χ0n) is 26.8. The summed E-state index contributed by atoms with van der Waals surface area (Å²) in [4.78, 5) is 48.3. The van der Waals surface area contributed by atoms with E-state index in [4.69, 9.17) is 31.0 Å². The predicted molar refractivity (Wildman–Crippen MR) is 175 cm³/mol. The molecule has 2 aliphatic heterocycles. The quantitative estimate of drug-likeness (QED) is 0.0553. The van der Waals surface area contributed by atoms with Crippen molar-refractivity contribution in [2.75, 3.05) is 5.73 Å². The van der Waals surface area contributed by atoms with Crippen LogP contribution in [0.3, 0.4) is 0 Å². The van der Waals surface area contributed by atoms with Crippen molar-refractivity contribution >= 4 is 56.2 Å². The second-order valence-corrected chi connectivity index (χ2v) is 14.7. The van der Waals surface area contributed by atoms with Gasteiger partial charge in [-0.1, -0.05) is 5.16 Å². The van der Waals surface area contributed by atoms with Gasteiger partial charge in [0.15, 0.2) is 16.9 Å². The Labute approximate surface area is 285 Å². The number of carboxylic acid groups (broad SMARTS) is 1. The molecule has 1 aliphatic carbocycles. The Kier molecular flexibility index (Phi) is 9.90. The van der Waals surface area contributed by atoms with Crippen LogP contribution in [0.15, 0.2) is 28.7 Å². The number of fused-ring (bicyclic) bond motifs is 1. The third-order valence-corrected chi connectivity index (χ3v) is 9.84. The molecular formula is C29H38N8O10S2. The van der Waals surface area contributed by atoms with Gasteiger partial charge in [-0.2, -0.15) is 13.5 Å². The Balaban J connectivity index is 1.32. The van der Waals surface area contributed by atoms with Crippen molar-refractivity contribution in [3.05, 3.63) is 40.4 Å². The highest BCUT2D eigenvalue weighted by molar-refractivity contribution is 7.80. The number of aromatic nitrogens is 1. The summed E-state index contributed by atoms with van der Waals surface area (Å²) in [6, 6.07) is 4.07. The number of anilines is 1. The Morgan fingerprint density at radius 1 is 1.27 bits per heavy atom. The summed E-state index contributed by atoms with van der Waals surface area (Å²) < 4.78 is 41.7. The predicted octanol–water partition coefficient (Wildman–Crippen LogP) is 0.708. The number of ether oxygens (including phenoxy) is 1. The molecule has 20 heteroatoms. The van der Waals surface area contributed by atoms with Crippen LogP contribution in [0.1, 0.15) is 69.7 Å². The fraction of sp³-hybridized carbons (Fsp3) is 0.517. The summed E-state index contributed by atoms with van der Waals surface area (Å²) in [7, 11) is -5.03. The largest absolute Gasteiger partial charge is 0.485 e. The van der Waals surface area contributed by atoms with E-state index in [9.17, 15) is 27.9 Å². The van der Waals surface area contributed by atoms with Crippen LogP contribution in [0.4, 0.5) is 5.13 Å². The molecule has 1 saturated carbocycles. The maximum absolute atomic E-state index is 13.5. The number of nitrogen functional groups attached to an aromatic ring is 1. The van der Waals surface area contributed by atoms with Crippen LogP contribution < -0.4 is 26.8 Å². The highest BCUT2D eigenvalue weighted by Gasteiger charge is 2.58. The number of rotatable bonds is 11. The number of hydrogen-bond donors (Lipinski definition) is 7. The van der Waals surface area contributed by atoms with Crippen LogP contribution in [0.2, 0.25) is 0 Å². The van der Waals surface area contributed by atoms with Crippen LogP contribution in [-0.4, -0.2) is 92.8 Å². The van der Waals surface area contributed by atoms with Gasteiger partial charge in [0.1, 0.15) is 23.3 Å². The molecule has 1 saturated heterocycles. The molecule has 1 aromatic carbocycles. The van der Waals surface area contributed by atoms with E-state index in [1.807, 2.05) is 6.07 Å². The van der Waals surface area contributed by atoms with Gasteiger partial charge < -0.3 is 36.8 Å². The number of aliphatic carboxylic acids is 1. The molecule has 18 nitrogen and oxygen atoms in total. The Morgan fingerprint density at radius 3 is 2.61 bits per heavy atom. The number of benzene rings is 1. The number of amidine groups is 1. The molecule has 2 amide bonds. The summed E-state index contributed by atoms with van der Waals surface area (Å²) in [6.07, 6.45) is 3.19. The van der Waals surface area contributed by atoms with E-state index in [1.165, 1.54) is 26.2 Å². The van der Waals surface area contributed by atoms with E-state index in [1.54, 1.807) is 12.1 Å². The molecule has 5 atom stereocenters. The molecule has 266 valence electrons. The van der Waals surface area contributed by atoms with Crippen LogP contribution in [0.5, 0.6) is 5.75 Å². The lowest BCUT2D eigenvalue weighted by Crippen LogP contribution is -2.76. The standard InChI is InChI=1S/C29H38N8O10S2/c1-28(2)22(25(39)37(28)47-49(42,43)44)35-24(38)21(18-13-48-27(32)34-18)36-46-29(3,26(40)41)20-10-8-14-11-15(7-9-19(14)45-20)23(31)33-17-6-4-5-16(30)12-17/h7,9,11,13,16-17,20,22H,4-6,8,10,12,30H2,1-3H3,(H2,31,33)(H2,32,34)(H,35,38)(H,40,41)(H,42,43,44)/b36-21-/t16-,17-,20-,22-,29+/m1/s1. The summed E-state index contributed by atoms with van der Waals surface area (Å²) in [6.45, 7) is 3.98. The zero-order chi connectivity index (χ0) is 35.9. The average Bonchev–Trinajstić information content (AvgIpc) is 3.46. The van der Waals surface area contributed by atoms with Crippen molar-refractivity contribution in [2.45, 2.75) is 94.7 Å². The second kappa shape index (κ2) is 13.5. The lowest BCUT2D eigenvalue weighted by molar-refractivity contribution is -0.218. The number of carbonyl (C=O) groups excluding carboxylic acids is 2. The van der Waals surface area contributed by atoms with Gasteiger partial charge in [0, 0.05) is 23.0 Å². The maximum Gasteiger partial charge on any atom is 0.418 e. The monoisotopic (exact) mass is 722 g/mol. The molecule has 1 aromatic heterocycles. The first-order chi connectivity index (χ1) is 22.9. The highest BCUT2D eigenvalue weighted by Crippen LogP contribution is 2.35. The number of carboxylic acids is 1. The number of nitrogens with zero attached hydrogens (tertiary/aromatic N) is 3. The van der Waals surface area contributed by atoms with Crippen LogP contribution in [0.25, 0.3) is 0 Å². The molecule has 0 unspecified atom stereocenters. The van der Waals surface area contributed by atoms with Crippen molar-refractivity contribution in [1.29, 1.82) is 5.41 Å². The number of nitrogens with two attached hydrogens (primary N) is 2. The van der Waals surface area contributed by atoms with E-state index in [0.29, 0.717) is 22.8 Å². The van der Waals surface area contributed by atoms with Crippen LogP contribution in [0, 0.1) is 5.41 Å². The molecule has 0 spiro atoms. The number of hydrogen-bond acceptors (Lipinski definition) is 14. The fourth-order valence-electron chi connectivity index (χ4n) is 5.97. The molecule has 3 aliphatic rings. The van der Waals surface area contributed by atoms with Crippen LogP contribution in [-0.2, 0) is 40.3 Å². The van der Waals surface area contributed by atoms with Gasteiger partial charge in [-0.15, -0.1) is 15.6 Å². The number of amides is 2. The Bertz CT molecular complexity index is 1800. The minimum Gasteiger partial charge on any atom is -0.485 e. The summed E-state index contributed by atoms with van der Waals surface area (Å²) in [5.74, 6) is -2.80. The van der Waals surface area contributed by atoms with Gasteiger partial charge in [0.2, 0.25) is 0 Å². The number of carbonyl (C=O) groups is 3. The van der Waals surface area contributed by atoms with Crippen molar-refractivity contribution < 1.29 is 46.3 Å². The fourth-order valence-corrected chi connectivity index (χ4v) is 6.98. The minimum absolute atomic E-state index is 0.0569. The Morgan fingerprint density at radius 2 is 2.00 bits per heavy atom. The average molecular weight is 723 g/mol. The number of hydroxylamine groups is 2. The van der Waals surface area contributed by atoms with Crippen molar-refractivity contribution in [3.8, 4) is 5.75 Å². The maximum atomic E-state index is 13.5. The minimum atomic E-state index is -5.03.